The summed E-state index contributed by atoms with van der Waals surface area (Å²) in [5, 5.41) is 4.91. The van der Waals surface area contributed by atoms with Crippen molar-refractivity contribution >= 4 is 21.6 Å². The molecule has 20 heavy (non-hydrogen) atoms. The van der Waals surface area contributed by atoms with E-state index in [0.29, 0.717) is 18.3 Å². The molecule has 0 saturated carbocycles. The number of aromatic nitrogens is 3. The van der Waals surface area contributed by atoms with Crippen LogP contribution in [0.1, 0.15) is 29.7 Å². The van der Waals surface area contributed by atoms with Crippen molar-refractivity contribution in [1.82, 2.24) is 20.0 Å². The molecule has 1 atom stereocenters. The van der Waals surface area contributed by atoms with Crippen molar-refractivity contribution in [2.45, 2.75) is 26.4 Å². The van der Waals surface area contributed by atoms with Crippen LogP contribution in [0, 0.1) is 6.92 Å². The maximum atomic E-state index is 5.16. The first-order valence-corrected chi connectivity index (χ1v) is 7.30. The third-order valence-electron chi connectivity index (χ3n) is 3.28. The fraction of sp³-hybridized carbons (Fsp3) is 0.357. The Morgan fingerprint density at radius 1 is 1.30 bits per heavy atom. The van der Waals surface area contributed by atoms with Gasteiger partial charge >= 0.3 is 0 Å². The van der Waals surface area contributed by atoms with Gasteiger partial charge in [0.15, 0.2) is 5.82 Å². The Kier molecular flexibility index (Phi) is 3.50. The number of rotatable bonds is 4. The van der Waals surface area contributed by atoms with Crippen LogP contribution in [0.5, 0.6) is 0 Å². The molecular weight excluding hydrogens is 272 g/mol. The molecule has 2 aromatic heterocycles. The SMILES string of the molecule is Cc1noc(CN(C)C(C)c2nc3ccccc3s2)n1. The Balaban J connectivity index is 1.78. The van der Waals surface area contributed by atoms with Gasteiger partial charge in [0, 0.05) is 0 Å². The summed E-state index contributed by atoms with van der Waals surface area (Å²) in [4.78, 5) is 11.1. The number of hydrogen-bond donors (Lipinski definition) is 0. The monoisotopic (exact) mass is 288 g/mol. The summed E-state index contributed by atoms with van der Waals surface area (Å²) in [7, 11) is 2.04. The van der Waals surface area contributed by atoms with E-state index in [1.54, 1.807) is 11.3 Å². The van der Waals surface area contributed by atoms with Crippen LogP contribution in [0.2, 0.25) is 0 Å². The molecule has 0 saturated heterocycles. The van der Waals surface area contributed by atoms with Crippen LogP contribution in [-0.2, 0) is 6.54 Å². The molecule has 1 aromatic carbocycles. The molecule has 3 aromatic rings. The van der Waals surface area contributed by atoms with Crippen molar-refractivity contribution < 1.29 is 4.52 Å². The van der Waals surface area contributed by atoms with Crippen molar-refractivity contribution in [1.29, 1.82) is 0 Å². The Morgan fingerprint density at radius 2 is 2.10 bits per heavy atom. The smallest absolute Gasteiger partial charge is 0.240 e. The van der Waals surface area contributed by atoms with E-state index in [1.165, 1.54) is 4.70 Å². The highest BCUT2D eigenvalue weighted by Crippen LogP contribution is 2.29. The van der Waals surface area contributed by atoms with Gasteiger partial charge in [-0.3, -0.25) is 4.90 Å². The van der Waals surface area contributed by atoms with Crippen molar-refractivity contribution in [2.24, 2.45) is 0 Å². The molecule has 0 fully saturated rings. The molecule has 0 amide bonds. The predicted molar refractivity (Wildman–Crippen MR) is 78.5 cm³/mol. The molecule has 3 rings (SSSR count). The number of fused-ring (bicyclic) bond motifs is 1. The van der Waals surface area contributed by atoms with Gasteiger partial charge in [-0.15, -0.1) is 11.3 Å². The molecule has 0 spiro atoms. The van der Waals surface area contributed by atoms with E-state index in [2.05, 4.69) is 28.0 Å². The first kappa shape index (κ1) is 13.2. The topological polar surface area (TPSA) is 55.1 Å². The zero-order valence-electron chi connectivity index (χ0n) is 11.7. The molecule has 0 aliphatic carbocycles. The molecule has 0 aliphatic rings. The molecule has 104 valence electrons. The molecule has 2 heterocycles. The maximum absolute atomic E-state index is 5.16. The van der Waals surface area contributed by atoms with Crippen LogP contribution in [-0.4, -0.2) is 27.1 Å². The van der Waals surface area contributed by atoms with Crippen LogP contribution in [0.25, 0.3) is 10.2 Å². The van der Waals surface area contributed by atoms with Gasteiger partial charge in [0.05, 0.1) is 22.8 Å². The summed E-state index contributed by atoms with van der Waals surface area (Å²) in [6.45, 7) is 4.59. The lowest BCUT2D eigenvalue weighted by molar-refractivity contribution is 0.216. The number of para-hydroxylation sites is 1. The number of benzene rings is 1. The van der Waals surface area contributed by atoms with E-state index in [-0.39, 0.29) is 6.04 Å². The minimum Gasteiger partial charge on any atom is -0.338 e. The molecule has 0 bridgehead atoms. The zero-order chi connectivity index (χ0) is 14.1. The lowest BCUT2D eigenvalue weighted by Crippen LogP contribution is -2.22. The molecule has 0 aliphatic heterocycles. The van der Waals surface area contributed by atoms with Crippen LogP contribution in [0.4, 0.5) is 0 Å². The summed E-state index contributed by atoms with van der Waals surface area (Å²) < 4.78 is 6.38. The number of thiazole rings is 1. The van der Waals surface area contributed by atoms with Crippen molar-refractivity contribution in [3.8, 4) is 0 Å². The second-order valence-electron chi connectivity index (χ2n) is 4.85. The minimum atomic E-state index is 0.208. The Labute approximate surface area is 121 Å². The summed E-state index contributed by atoms with van der Waals surface area (Å²) in [5.74, 6) is 1.30. The largest absolute Gasteiger partial charge is 0.338 e. The molecular formula is C14H16N4OS. The van der Waals surface area contributed by atoms with E-state index in [4.69, 9.17) is 9.51 Å². The average Bonchev–Trinajstić information content (AvgIpc) is 3.03. The Hall–Kier alpha value is -1.79. The van der Waals surface area contributed by atoms with Crippen LogP contribution in [0.15, 0.2) is 28.8 Å². The second-order valence-corrected chi connectivity index (χ2v) is 5.91. The van der Waals surface area contributed by atoms with Gasteiger partial charge in [0.2, 0.25) is 5.89 Å². The highest BCUT2D eigenvalue weighted by molar-refractivity contribution is 7.18. The first-order chi connectivity index (χ1) is 9.63. The summed E-state index contributed by atoms with van der Waals surface area (Å²) in [6, 6.07) is 8.41. The van der Waals surface area contributed by atoms with Gasteiger partial charge in [0.1, 0.15) is 5.01 Å². The van der Waals surface area contributed by atoms with Crippen molar-refractivity contribution in [2.75, 3.05) is 7.05 Å². The van der Waals surface area contributed by atoms with Crippen molar-refractivity contribution in [3.63, 3.8) is 0 Å². The fourth-order valence-electron chi connectivity index (χ4n) is 2.01. The standard InChI is InChI=1S/C14H16N4OS/c1-9(18(3)8-13-15-10(2)17-19-13)14-16-11-6-4-5-7-12(11)20-14/h4-7,9H,8H2,1-3H3. The lowest BCUT2D eigenvalue weighted by atomic mass is 10.3. The Morgan fingerprint density at radius 3 is 2.80 bits per heavy atom. The van der Waals surface area contributed by atoms with E-state index in [0.717, 1.165) is 10.5 Å². The van der Waals surface area contributed by atoms with Crippen LogP contribution < -0.4 is 0 Å². The third kappa shape index (κ3) is 2.57. The molecule has 5 nitrogen and oxygen atoms in total. The van der Waals surface area contributed by atoms with Crippen LogP contribution >= 0.6 is 11.3 Å². The zero-order valence-corrected chi connectivity index (χ0v) is 12.5. The molecule has 6 heteroatoms. The van der Waals surface area contributed by atoms with E-state index < -0.39 is 0 Å². The van der Waals surface area contributed by atoms with E-state index >= 15 is 0 Å². The maximum Gasteiger partial charge on any atom is 0.240 e. The summed E-state index contributed by atoms with van der Waals surface area (Å²) >= 11 is 1.73. The minimum absolute atomic E-state index is 0.208. The number of aryl methyl sites for hydroxylation is 1. The van der Waals surface area contributed by atoms with Crippen molar-refractivity contribution in [3.05, 3.63) is 41.0 Å². The Bertz CT molecular complexity index is 688. The van der Waals surface area contributed by atoms with Gasteiger partial charge in [-0.25, -0.2) is 4.98 Å². The highest BCUT2D eigenvalue weighted by Gasteiger charge is 2.18. The van der Waals surface area contributed by atoms with E-state index in [1.807, 2.05) is 32.2 Å². The first-order valence-electron chi connectivity index (χ1n) is 6.48. The van der Waals surface area contributed by atoms with Crippen LogP contribution in [0.3, 0.4) is 0 Å². The highest BCUT2D eigenvalue weighted by atomic mass is 32.1. The second kappa shape index (κ2) is 5.30. The van der Waals surface area contributed by atoms with E-state index in [9.17, 15) is 0 Å². The van der Waals surface area contributed by atoms with Gasteiger partial charge in [-0.2, -0.15) is 4.98 Å². The molecule has 1 unspecified atom stereocenters. The average molecular weight is 288 g/mol. The normalized spacial score (nSPS) is 13.2. The number of hydrogen-bond acceptors (Lipinski definition) is 6. The van der Waals surface area contributed by atoms with Gasteiger partial charge in [0.25, 0.3) is 0 Å². The third-order valence-corrected chi connectivity index (χ3v) is 4.49. The van der Waals surface area contributed by atoms with Gasteiger partial charge in [-0.05, 0) is 33.0 Å². The van der Waals surface area contributed by atoms with Gasteiger partial charge < -0.3 is 4.52 Å². The lowest BCUT2D eigenvalue weighted by Gasteiger charge is -2.20. The number of nitrogens with zero attached hydrogens (tertiary/aromatic N) is 4. The predicted octanol–water partition coefficient (Wildman–Crippen LogP) is 3.18. The summed E-state index contributed by atoms with van der Waals surface area (Å²) in [6.07, 6.45) is 0. The quantitative estimate of drug-likeness (QED) is 0.738. The fourth-order valence-corrected chi connectivity index (χ4v) is 3.10. The summed E-state index contributed by atoms with van der Waals surface area (Å²) in [5.41, 5.74) is 1.06. The molecule has 0 N–H and O–H groups in total. The molecule has 0 radical (unpaired) electrons. The van der Waals surface area contributed by atoms with Gasteiger partial charge in [-0.1, -0.05) is 17.3 Å².